The fraction of sp³-hybridized carbons (Fsp3) is 0.650. The molecular weight excluding hydrogens is 346 g/mol. The Balaban J connectivity index is 1.81. The summed E-state index contributed by atoms with van der Waals surface area (Å²) in [6.45, 7) is 7.24. The van der Waals surface area contributed by atoms with Gasteiger partial charge in [0.05, 0.1) is 20.3 Å². The Morgan fingerprint density at radius 2 is 1.89 bits per heavy atom. The number of benzene rings is 1. The Morgan fingerprint density at radius 3 is 2.52 bits per heavy atom. The first-order valence-corrected chi connectivity index (χ1v) is 9.45. The molecule has 3 N–H and O–H groups in total. The molecule has 0 radical (unpaired) electrons. The van der Waals surface area contributed by atoms with Crippen molar-refractivity contribution in [3.05, 3.63) is 23.3 Å². The van der Waals surface area contributed by atoms with Crippen LogP contribution < -0.4 is 20.5 Å². The molecular formula is C20H31N3O4. The quantitative estimate of drug-likeness (QED) is 0.840. The molecule has 1 aromatic rings. The van der Waals surface area contributed by atoms with Gasteiger partial charge in [0.1, 0.15) is 5.60 Å². The van der Waals surface area contributed by atoms with Gasteiger partial charge in [0.25, 0.3) is 0 Å². The third-order valence-electron chi connectivity index (χ3n) is 5.25. The molecule has 0 spiro atoms. The molecule has 0 aromatic heterocycles. The predicted molar refractivity (Wildman–Crippen MR) is 103 cm³/mol. The summed E-state index contributed by atoms with van der Waals surface area (Å²) in [5.41, 5.74) is 8.32. The van der Waals surface area contributed by atoms with E-state index < -0.39 is 11.7 Å². The number of amides is 1. The number of fused-ring (bicyclic) bond motifs is 3. The van der Waals surface area contributed by atoms with E-state index in [1.807, 2.05) is 20.8 Å². The highest BCUT2D eigenvalue weighted by Gasteiger charge is 2.39. The van der Waals surface area contributed by atoms with Crippen molar-refractivity contribution in [1.29, 1.82) is 0 Å². The molecule has 3 rings (SSSR count). The summed E-state index contributed by atoms with van der Waals surface area (Å²) >= 11 is 0. The van der Waals surface area contributed by atoms with Gasteiger partial charge in [-0.3, -0.25) is 4.90 Å². The first-order valence-electron chi connectivity index (χ1n) is 9.45. The number of carbonyl (C=O) groups excluding carboxylic acids is 1. The van der Waals surface area contributed by atoms with Gasteiger partial charge in [-0.2, -0.15) is 0 Å². The molecule has 1 saturated heterocycles. The summed E-state index contributed by atoms with van der Waals surface area (Å²) in [7, 11) is 3.30. The van der Waals surface area contributed by atoms with E-state index >= 15 is 0 Å². The molecule has 1 aromatic carbocycles. The van der Waals surface area contributed by atoms with Gasteiger partial charge in [-0.05, 0) is 56.9 Å². The average Bonchev–Trinajstić information content (AvgIpc) is 2.59. The van der Waals surface area contributed by atoms with Crippen molar-refractivity contribution >= 4 is 6.09 Å². The number of nitrogens with one attached hydrogen (secondary N) is 1. The molecule has 7 heteroatoms. The second kappa shape index (κ2) is 7.56. The highest BCUT2D eigenvalue weighted by Crippen LogP contribution is 2.41. The second-order valence-corrected chi connectivity index (χ2v) is 8.32. The zero-order valence-corrected chi connectivity index (χ0v) is 16.9. The molecule has 0 unspecified atom stereocenters. The lowest BCUT2D eigenvalue weighted by Gasteiger charge is -2.46. The summed E-state index contributed by atoms with van der Waals surface area (Å²) in [6.07, 6.45) is 1.27. The summed E-state index contributed by atoms with van der Waals surface area (Å²) in [4.78, 5) is 14.6. The lowest BCUT2D eigenvalue weighted by molar-refractivity contribution is 0.0417. The van der Waals surface area contributed by atoms with Crippen LogP contribution in [0, 0.1) is 0 Å². The SMILES string of the molecule is COc1cc2c(cc1OC)[C@@H]1C[C@H](NC(=O)OC(C)(C)C)[C@@H](N)CN1CC2. The molecule has 3 atom stereocenters. The Hall–Kier alpha value is -1.99. The highest BCUT2D eigenvalue weighted by molar-refractivity contribution is 5.68. The molecule has 1 amide bonds. The van der Waals surface area contributed by atoms with Crippen LogP contribution in [0.4, 0.5) is 4.79 Å². The Labute approximate surface area is 161 Å². The van der Waals surface area contributed by atoms with Crippen molar-refractivity contribution < 1.29 is 19.0 Å². The number of alkyl carbamates (subject to hydrolysis) is 1. The maximum absolute atomic E-state index is 12.2. The lowest BCUT2D eigenvalue weighted by atomic mass is 9.83. The van der Waals surface area contributed by atoms with Crippen LogP contribution in [0.3, 0.4) is 0 Å². The van der Waals surface area contributed by atoms with E-state index in [-0.39, 0.29) is 18.1 Å². The maximum Gasteiger partial charge on any atom is 0.407 e. The molecule has 2 aliphatic heterocycles. The van der Waals surface area contributed by atoms with Crippen molar-refractivity contribution in [2.45, 2.75) is 57.3 Å². The molecule has 150 valence electrons. The van der Waals surface area contributed by atoms with Crippen molar-refractivity contribution in [1.82, 2.24) is 10.2 Å². The molecule has 7 nitrogen and oxygen atoms in total. The van der Waals surface area contributed by atoms with Crippen LogP contribution in [-0.4, -0.2) is 56.0 Å². The van der Waals surface area contributed by atoms with Gasteiger partial charge in [0, 0.05) is 25.2 Å². The van der Waals surface area contributed by atoms with Gasteiger partial charge in [-0.25, -0.2) is 4.79 Å². The van der Waals surface area contributed by atoms with Crippen LogP contribution in [0.1, 0.15) is 44.4 Å². The third-order valence-corrected chi connectivity index (χ3v) is 5.25. The third kappa shape index (κ3) is 4.30. The minimum atomic E-state index is -0.532. The van der Waals surface area contributed by atoms with Gasteiger partial charge < -0.3 is 25.3 Å². The first kappa shape index (κ1) is 19.8. The zero-order valence-electron chi connectivity index (χ0n) is 16.9. The molecule has 0 saturated carbocycles. The van der Waals surface area contributed by atoms with Gasteiger partial charge in [0.2, 0.25) is 0 Å². The van der Waals surface area contributed by atoms with Crippen LogP contribution >= 0.6 is 0 Å². The number of hydrogen-bond donors (Lipinski definition) is 2. The van der Waals surface area contributed by atoms with Crippen molar-refractivity contribution in [2.75, 3.05) is 27.3 Å². The smallest absolute Gasteiger partial charge is 0.407 e. The summed E-state index contributed by atoms with van der Waals surface area (Å²) < 4.78 is 16.3. The molecule has 1 fully saturated rings. The van der Waals surface area contributed by atoms with E-state index in [0.29, 0.717) is 0 Å². The Kier molecular flexibility index (Phi) is 5.53. The molecule has 2 heterocycles. The number of hydrogen-bond acceptors (Lipinski definition) is 6. The van der Waals surface area contributed by atoms with Crippen molar-refractivity contribution in [3.63, 3.8) is 0 Å². The van der Waals surface area contributed by atoms with Crippen LogP contribution in [0.15, 0.2) is 12.1 Å². The summed E-state index contributed by atoms with van der Waals surface area (Å²) in [5.74, 6) is 1.48. The van der Waals surface area contributed by atoms with E-state index in [0.717, 1.165) is 37.4 Å². The van der Waals surface area contributed by atoms with E-state index in [1.54, 1.807) is 14.2 Å². The zero-order chi connectivity index (χ0) is 19.8. The molecule has 0 bridgehead atoms. The van der Waals surface area contributed by atoms with Crippen LogP contribution in [-0.2, 0) is 11.2 Å². The Bertz CT molecular complexity index is 701. The molecule has 27 heavy (non-hydrogen) atoms. The van der Waals surface area contributed by atoms with Gasteiger partial charge in [-0.1, -0.05) is 0 Å². The standard InChI is InChI=1S/C20H31N3O4/c1-20(2,3)27-19(24)22-15-10-16-13-9-18(26-5)17(25-4)8-12(13)6-7-23(16)11-14(15)21/h8-9,14-16H,6-7,10-11,21H2,1-5H3,(H,22,24)/t14-,15-,16-/m0/s1. The number of piperidine rings is 1. The molecule has 0 aliphatic carbocycles. The largest absolute Gasteiger partial charge is 0.493 e. The first-order chi connectivity index (χ1) is 12.7. The normalized spacial score (nSPS) is 25.2. The number of nitrogens with two attached hydrogens (primary N) is 1. The fourth-order valence-corrected chi connectivity index (χ4v) is 4.01. The molecule has 2 aliphatic rings. The highest BCUT2D eigenvalue weighted by atomic mass is 16.6. The number of rotatable bonds is 3. The lowest BCUT2D eigenvalue weighted by Crippen LogP contribution is -2.60. The second-order valence-electron chi connectivity index (χ2n) is 8.32. The van der Waals surface area contributed by atoms with Crippen LogP contribution in [0.25, 0.3) is 0 Å². The van der Waals surface area contributed by atoms with Crippen LogP contribution in [0.2, 0.25) is 0 Å². The monoisotopic (exact) mass is 377 g/mol. The summed E-state index contributed by atoms with van der Waals surface area (Å²) in [5, 5.41) is 2.97. The van der Waals surface area contributed by atoms with Crippen LogP contribution in [0.5, 0.6) is 11.5 Å². The number of nitrogens with zero attached hydrogens (tertiary/aromatic N) is 1. The fourth-order valence-electron chi connectivity index (χ4n) is 4.01. The Morgan fingerprint density at radius 1 is 1.22 bits per heavy atom. The predicted octanol–water partition coefficient (Wildman–Crippen LogP) is 2.23. The average molecular weight is 377 g/mol. The van der Waals surface area contributed by atoms with Crippen molar-refractivity contribution in [2.24, 2.45) is 5.73 Å². The maximum atomic E-state index is 12.2. The van der Waals surface area contributed by atoms with Gasteiger partial charge in [0.15, 0.2) is 11.5 Å². The number of carbonyl (C=O) groups is 1. The van der Waals surface area contributed by atoms with Gasteiger partial charge in [-0.15, -0.1) is 0 Å². The number of methoxy groups -OCH3 is 2. The van der Waals surface area contributed by atoms with E-state index in [9.17, 15) is 4.79 Å². The van der Waals surface area contributed by atoms with E-state index in [2.05, 4.69) is 22.3 Å². The van der Waals surface area contributed by atoms with E-state index in [1.165, 1.54) is 11.1 Å². The van der Waals surface area contributed by atoms with Crippen molar-refractivity contribution in [3.8, 4) is 11.5 Å². The van der Waals surface area contributed by atoms with Gasteiger partial charge >= 0.3 is 6.09 Å². The minimum Gasteiger partial charge on any atom is -0.493 e. The number of ether oxygens (including phenoxy) is 3. The topological polar surface area (TPSA) is 86.0 Å². The summed E-state index contributed by atoms with van der Waals surface area (Å²) in [6, 6.07) is 4.05. The van der Waals surface area contributed by atoms with E-state index in [4.69, 9.17) is 19.9 Å². The minimum absolute atomic E-state index is 0.129.